The monoisotopic (exact) mass is 185 g/mol. The highest BCUT2D eigenvalue weighted by atomic mass is 16.5. The molecular weight excluding hydrogens is 166 g/mol. The average molecular weight is 185 g/mol. The van der Waals surface area contributed by atoms with Crippen LogP contribution in [0, 0.1) is 0 Å². The van der Waals surface area contributed by atoms with Gasteiger partial charge in [0.15, 0.2) is 0 Å². The maximum atomic E-state index is 11.2. The lowest BCUT2D eigenvalue weighted by molar-refractivity contribution is -0.148. The molecule has 0 atom stereocenters. The predicted octanol–water partition coefficient (Wildman–Crippen LogP) is 1.60. The molecule has 1 saturated carbocycles. The van der Waals surface area contributed by atoms with Crippen LogP contribution in [-0.4, -0.2) is 18.6 Å². The molecule has 0 aliphatic heterocycles. The van der Waals surface area contributed by atoms with Crippen LogP contribution in [0.4, 0.5) is 0 Å². The van der Waals surface area contributed by atoms with Crippen molar-refractivity contribution in [3.63, 3.8) is 0 Å². The number of rotatable bonds is 5. The molecule has 3 heteroatoms. The van der Waals surface area contributed by atoms with Crippen molar-refractivity contribution in [1.82, 2.24) is 0 Å². The smallest absolute Gasteiger partial charge is 0.306 e. The van der Waals surface area contributed by atoms with Crippen LogP contribution in [0.15, 0.2) is 0 Å². The van der Waals surface area contributed by atoms with Crippen LogP contribution in [0.1, 0.15) is 44.9 Å². The molecule has 0 bridgehead atoms. The summed E-state index contributed by atoms with van der Waals surface area (Å²) >= 11 is 0. The van der Waals surface area contributed by atoms with Crippen LogP contribution in [0.2, 0.25) is 0 Å². The second kappa shape index (κ2) is 5.97. The quantitative estimate of drug-likeness (QED) is 0.523. The molecule has 0 saturated heterocycles. The van der Waals surface area contributed by atoms with E-state index in [1.165, 1.54) is 12.8 Å². The number of nitrogens with two attached hydrogens (primary N) is 1. The zero-order valence-electron chi connectivity index (χ0n) is 8.13. The summed E-state index contributed by atoms with van der Waals surface area (Å²) in [6.07, 6.45) is 7.06. The third-order valence-corrected chi connectivity index (χ3v) is 2.44. The van der Waals surface area contributed by atoms with Crippen molar-refractivity contribution < 1.29 is 9.53 Å². The Balaban J connectivity index is 2.02. The highest BCUT2D eigenvalue weighted by molar-refractivity contribution is 5.69. The fourth-order valence-corrected chi connectivity index (χ4v) is 1.66. The van der Waals surface area contributed by atoms with Gasteiger partial charge in [0.05, 0.1) is 0 Å². The number of hydrogen-bond acceptors (Lipinski definition) is 3. The van der Waals surface area contributed by atoms with Gasteiger partial charge in [-0.25, -0.2) is 0 Å². The Morgan fingerprint density at radius 3 is 2.62 bits per heavy atom. The van der Waals surface area contributed by atoms with Crippen molar-refractivity contribution in [2.75, 3.05) is 6.54 Å². The van der Waals surface area contributed by atoms with E-state index in [9.17, 15) is 4.79 Å². The van der Waals surface area contributed by atoms with Crippen molar-refractivity contribution in [3.8, 4) is 0 Å². The Bertz CT molecular complexity index is 153. The lowest BCUT2D eigenvalue weighted by Gasteiger charge is -2.10. The van der Waals surface area contributed by atoms with Crippen molar-refractivity contribution in [1.29, 1.82) is 0 Å². The SMILES string of the molecule is NCCCCC(=O)OC1CCCC1. The molecule has 0 amide bonds. The van der Waals surface area contributed by atoms with Gasteiger partial charge < -0.3 is 10.5 Å². The number of esters is 1. The van der Waals surface area contributed by atoms with Gasteiger partial charge in [-0.2, -0.15) is 0 Å². The van der Waals surface area contributed by atoms with Gasteiger partial charge in [0.2, 0.25) is 0 Å². The molecule has 0 spiro atoms. The summed E-state index contributed by atoms with van der Waals surface area (Å²) < 4.78 is 5.28. The third kappa shape index (κ3) is 4.27. The fraction of sp³-hybridized carbons (Fsp3) is 0.900. The van der Waals surface area contributed by atoms with Gasteiger partial charge in [0, 0.05) is 6.42 Å². The minimum absolute atomic E-state index is 0.0413. The Morgan fingerprint density at radius 2 is 2.00 bits per heavy atom. The van der Waals surface area contributed by atoms with Crippen molar-refractivity contribution in [2.45, 2.75) is 51.0 Å². The number of ether oxygens (including phenoxy) is 1. The third-order valence-electron chi connectivity index (χ3n) is 2.44. The minimum Gasteiger partial charge on any atom is -0.462 e. The average Bonchev–Trinajstić information content (AvgIpc) is 2.57. The van der Waals surface area contributed by atoms with E-state index in [1.807, 2.05) is 0 Å². The molecule has 0 unspecified atom stereocenters. The highest BCUT2D eigenvalue weighted by Gasteiger charge is 2.18. The highest BCUT2D eigenvalue weighted by Crippen LogP contribution is 2.21. The van der Waals surface area contributed by atoms with E-state index in [0.717, 1.165) is 25.7 Å². The molecule has 0 aromatic rings. The molecule has 1 aliphatic rings. The van der Waals surface area contributed by atoms with Gasteiger partial charge in [-0.05, 0) is 45.1 Å². The first-order chi connectivity index (χ1) is 6.33. The van der Waals surface area contributed by atoms with E-state index in [2.05, 4.69) is 0 Å². The van der Waals surface area contributed by atoms with E-state index in [0.29, 0.717) is 13.0 Å². The Labute approximate surface area is 79.6 Å². The molecule has 2 N–H and O–H groups in total. The zero-order valence-corrected chi connectivity index (χ0v) is 8.13. The fourth-order valence-electron chi connectivity index (χ4n) is 1.66. The Morgan fingerprint density at radius 1 is 1.31 bits per heavy atom. The summed E-state index contributed by atoms with van der Waals surface area (Å²) in [5.74, 6) is -0.0413. The van der Waals surface area contributed by atoms with Crippen LogP contribution in [0.3, 0.4) is 0 Å². The molecule has 0 aromatic heterocycles. The van der Waals surface area contributed by atoms with E-state index >= 15 is 0 Å². The van der Waals surface area contributed by atoms with E-state index in [4.69, 9.17) is 10.5 Å². The van der Waals surface area contributed by atoms with Crippen molar-refractivity contribution >= 4 is 5.97 Å². The number of carbonyl (C=O) groups excluding carboxylic acids is 1. The summed E-state index contributed by atoms with van der Waals surface area (Å²) in [5.41, 5.74) is 5.33. The molecule has 1 rings (SSSR count). The maximum Gasteiger partial charge on any atom is 0.306 e. The van der Waals surface area contributed by atoms with Crippen LogP contribution in [0.5, 0.6) is 0 Å². The molecule has 13 heavy (non-hydrogen) atoms. The second-order valence-electron chi connectivity index (χ2n) is 3.64. The van der Waals surface area contributed by atoms with E-state index in [-0.39, 0.29) is 12.1 Å². The molecule has 1 aliphatic carbocycles. The van der Waals surface area contributed by atoms with Gasteiger partial charge in [0.25, 0.3) is 0 Å². The van der Waals surface area contributed by atoms with Gasteiger partial charge in [0.1, 0.15) is 6.10 Å². The molecule has 0 aromatic carbocycles. The van der Waals surface area contributed by atoms with Crippen LogP contribution in [0.25, 0.3) is 0 Å². The van der Waals surface area contributed by atoms with Crippen LogP contribution in [-0.2, 0) is 9.53 Å². The maximum absolute atomic E-state index is 11.2. The summed E-state index contributed by atoms with van der Waals surface area (Å²) in [6.45, 7) is 0.663. The van der Waals surface area contributed by atoms with Crippen LogP contribution < -0.4 is 5.73 Å². The zero-order chi connectivity index (χ0) is 9.52. The normalized spacial score (nSPS) is 17.6. The molecule has 1 fully saturated rings. The molecular formula is C10H19NO2. The Hall–Kier alpha value is -0.570. The topological polar surface area (TPSA) is 52.3 Å². The van der Waals surface area contributed by atoms with Crippen LogP contribution >= 0.6 is 0 Å². The molecule has 0 radical (unpaired) electrons. The second-order valence-corrected chi connectivity index (χ2v) is 3.64. The summed E-state index contributed by atoms with van der Waals surface area (Å²) in [5, 5.41) is 0. The summed E-state index contributed by atoms with van der Waals surface area (Å²) in [7, 11) is 0. The number of unbranched alkanes of at least 4 members (excludes halogenated alkanes) is 1. The molecule has 3 nitrogen and oxygen atoms in total. The molecule has 0 heterocycles. The van der Waals surface area contributed by atoms with Crippen molar-refractivity contribution in [2.24, 2.45) is 5.73 Å². The first-order valence-corrected chi connectivity index (χ1v) is 5.22. The number of hydrogen-bond donors (Lipinski definition) is 1. The van der Waals surface area contributed by atoms with E-state index < -0.39 is 0 Å². The van der Waals surface area contributed by atoms with Gasteiger partial charge in [-0.3, -0.25) is 4.79 Å². The minimum atomic E-state index is -0.0413. The molecule has 76 valence electrons. The number of carbonyl (C=O) groups is 1. The standard InChI is InChI=1S/C10H19NO2/c11-8-4-3-7-10(12)13-9-5-1-2-6-9/h9H,1-8,11H2. The van der Waals surface area contributed by atoms with Gasteiger partial charge >= 0.3 is 5.97 Å². The summed E-state index contributed by atoms with van der Waals surface area (Å²) in [6, 6.07) is 0. The first kappa shape index (κ1) is 10.5. The summed E-state index contributed by atoms with van der Waals surface area (Å²) in [4.78, 5) is 11.2. The van der Waals surface area contributed by atoms with Crippen molar-refractivity contribution in [3.05, 3.63) is 0 Å². The van der Waals surface area contributed by atoms with E-state index in [1.54, 1.807) is 0 Å². The lowest BCUT2D eigenvalue weighted by Crippen LogP contribution is -2.14. The lowest BCUT2D eigenvalue weighted by atomic mass is 10.2. The van der Waals surface area contributed by atoms with Gasteiger partial charge in [-0.1, -0.05) is 0 Å². The Kier molecular flexibility index (Phi) is 4.83. The van der Waals surface area contributed by atoms with Gasteiger partial charge in [-0.15, -0.1) is 0 Å². The largest absolute Gasteiger partial charge is 0.462 e. The predicted molar refractivity (Wildman–Crippen MR) is 51.3 cm³/mol. The first-order valence-electron chi connectivity index (χ1n) is 5.22.